The van der Waals surface area contributed by atoms with Crippen molar-refractivity contribution in [3.05, 3.63) is 95.1 Å². The molecule has 1 amide bonds. The Morgan fingerprint density at radius 3 is 2.60 bits per heavy atom. The maximum absolute atomic E-state index is 13.1. The van der Waals surface area contributed by atoms with E-state index in [2.05, 4.69) is 26.0 Å². The highest BCUT2D eigenvalue weighted by Gasteiger charge is 2.32. The lowest BCUT2D eigenvalue weighted by Crippen LogP contribution is -2.32. The first-order chi connectivity index (χ1) is 14.4. The Bertz CT molecular complexity index is 1510. The molecule has 9 heteroatoms. The fourth-order valence-electron chi connectivity index (χ4n) is 3.51. The van der Waals surface area contributed by atoms with Crippen LogP contribution in [0, 0.1) is 0 Å². The van der Waals surface area contributed by atoms with Gasteiger partial charge in [0.25, 0.3) is 17.0 Å². The second-order valence-corrected chi connectivity index (χ2v) is 8.75. The van der Waals surface area contributed by atoms with Crippen molar-refractivity contribution in [2.24, 2.45) is 0 Å². The van der Waals surface area contributed by atoms with E-state index in [9.17, 15) is 14.4 Å². The van der Waals surface area contributed by atoms with Crippen molar-refractivity contribution in [3.63, 3.8) is 0 Å². The molecule has 0 saturated heterocycles. The van der Waals surface area contributed by atoms with Gasteiger partial charge in [0.1, 0.15) is 10.2 Å². The number of carbonyl (C=O) groups is 1. The van der Waals surface area contributed by atoms with Crippen molar-refractivity contribution in [1.82, 2.24) is 14.6 Å². The molecule has 4 aromatic rings. The van der Waals surface area contributed by atoms with Crippen molar-refractivity contribution in [3.8, 4) is 0 Å². The van der Waals surface area contributed by atoms with Crippen LogP contribution in [0.5, 0.6) is 0 Å². The molecular weight excluding hydrogens is 468 g/mol. The second kappa shape index (κ2) is 6.96. The minimum atomic E-state index is -0.477. The van der Waals surface area contributed by atoms with Crippen LogP contribution < -0.4 is 20.6 Å². The first-order valence-corrected chi connectivity index (χ1v) is 10.6. The molecule has 0 aliphatic carbocycles. The van der Waals surface area contributed by atoms with E-state index in [1.807, 2.05) is 42.5 Å². The third-order valence-electron chi connectivity index (χ3n) is 4.98. The largest absolute Gasteiger partial charge is 0.311 e. The van der Waals surface area contributed by atoms with Crippen LogP contribution in [0.3, 0.4) is 0 Å². The standard InChI is InChI=1S/C21H13BrN4O3S/c1-25-15-8-7-12(22)10-13(15)16(19(25)28)17-20(29)26-21(30-17)23-18(27)14(24-26)9-11-5-3-2-4-6-11/h2-8,10H,9H2,1H3. The van der Waals surface area contributed by atoms with Crippen molar-refractivity contribution in [1.29, 1.82) is 0 Å². The summed E-state index contributed by atoms with van der Waals surface area (Å²) in [5.74, 6) is -0.279. The lowest BCUT2D eigenvalue weighted by atomic mass is 10.1. The van der Waals surface area contributed by atoms with Crippen LogP contribution in [0.15, 0.2) is 62.6 Å². The van der Waals surface area contributed by atoms with E-state index in [4.69, 9.17) is 0 Å². The van der Waals surface area contributed by atoms with Crippen LogP contribution in [-0.2, 0) is 11.2 Å². The highest BCUT2D eigenvalue weighted by atomic mass is 79.9. The number of benzene rings is 2. The highest BCUT2D eigenvalue weighted by molar-refractivity contribution is 9.10. The van der Waals surface area contributed by atoms with Gasteiger partial charge in [0.15, 0.2) is 0 Å². The predicted octanol–water partition coefficient (Wildman–Crippen LogP) is 1.76. The number of hydrogen-bond donors (Lipinski definition) is 0. The Hall–Kier alpha value is -3.17. The average Bonchev–Trinajstić information content (AvgIpc) is 3.16. The van der Waals surface area contributed by atoms with E-state index in [-0.39, 0.29) is 27.5 Å². The van der Waals surface area contributed by atoms with Crippen LogP contribution in [-0.4, -0.2) is 27.6 Å². The van der Waals surface area contributed by atoms with Crippen molar-refractivity contribution >= 4 is 49.4 Å². The molecule has 148 valence electrons. The number of rotatable bonds is 2. The number of carbonyl (C=O) groups excluding carboxylic acids is 1. The third-order valence-corrected chi connectivity index (χ3v) is 6.50. The molecule has 0 saturated carbocycles. The minimum Gasteiger partial charge on any atom is -0.311 e. The quantitative estimate of drug-likeness (QED) is 0.436. The Balaban J connectivity index is 1.76. The normalized spacial score (nSPS) is 15.1. The van der Waals surface area contributed by atoms with Gasteiger partial charge in [0.05, 0.1) is 11.3 Å². The fraction of sp³-hybridized carbons (Fsp3) is 0.0952. The monoisotopic (exact) mass is 480 g/mol. The van der Waals surface area contributed by atoms with Crippen molar-refractivity contribution in [2.75, 3.05) is 11.9 Å². The molecule has 5 rings (SSSR count). The second-order valence-electron chi connectivity index (χ2n) is 6.86. The van der Waals surface area contributed by atoms with E-state index in [1.54, 1.807) is 13.1 Å². The number of aromatic nitrogens is 3. The van der Waals surface area contributed by atoms with E-state index < -0.39 is 11.1 Å². The molecular formula is C21H13BrN4O3S. The van der Waals surface area contributed by atoms with Gasteiger partial charge in [-0.1, -0.05) is 57.6 Å². The van der Waals surface area contributed by atoms with Gasteiger partial charge in [-0.3, -0.25) is 14.4 Å². The van der Waals surface area contributed by atoms with Gasteiger partial charge in [-0.25, -0.2) is 0 Å². The smallest absolute Gasteiger partial charge is 0.296 e. The van der Waals surface area contributed by atoms with Crippen LogP contribution in [0.2, 0.25) is 0 Å². The topological polar surface area (TPSA) is 84.6 Å². The third kappa shape index (κ3) is 2.89. The number of halogens is 1. The summed E-state index contributed by atoms with van der Waals surface area (Å²) in [4.78, 5) is 44.3. The zero-order valence-corrected chi connectivity index (χ0v) is 18.0. The summed E-state index contributed by atoms with van der Waals surface area (Å²) in [7, 11) is 1.66. The summed E-state index contributed by atoms with van der Waals surface area (Å²) >= 11 is 4.42. The molecule has 2 aromatic carbocycles. The number of amides is 1. The lowest BCUT2D eigenvalue weighted by Gasteiger charge is -2.08. The van der Waals surface area contributed by atoms with Crippen LogP contribution in [0.4, 0.5) is 5.69 Å². The number of nitrogens with zero attached hydrogens (tertiary/aromatic N) is 4. The Morgan fingerprint density at radius 2 is 1.83 bits per heavy atom. The summed E-state index contributed by atoms with van der Waals surface area (Å²) < 4.78 is 2.14. The van der Waals surface area contributed by atoms with Crippen molar-refractivity contribution in [2.45, 2.75) is 6.42 Å². The lowest BCUT2D eigenvalue weighted by molar-refractivity contribution is -0.112. The predicted molar refractivity (Wildman–Crippen MR) is 118 cm³/mol. The molecule has 30 heavy (non-hydrogen) atoms. The molecule has 0 bridgehead atoms. The molecule has 0 spiro atoms. The molecule has 1 aliphatic heterocycles. The Labute approximate surface area is 182 Å². The zero-order chi connectivity index (χ0) is 21.0. The number of fused-ring (bicyclic) bond motifs is 2. The van der Waals surface area contributed by atoms with E-state index in [1.165, 1.54) is 4.90 Å². The number of thiazole rings is 1. The van der Waals surface area contributed by atoms with Crippen molar-refractivity contribution < 1.29 is 4.79 Å². The maximum atomic E-state index is 13.1. The number of anilines is 1. The highest BCUT2D eigenvalue weighted by Crippen LogP contribution is 2.36. The van der Waals surface area contributed by atoms with Gasteiger partial charge in [-0.2, -0.15) is 14.6 Å². The maximum Gasteiger partial charge on any atom is 0.296 e. The summed E-state index contributed by atoms with van der Waals surface area (Å²) in [6.07, 6.45) is 0.272. The number of hydrogen-bond acceptors (Lipinski definition) is 6. The molecule has 7 nitrogen and oxygen atoms in total. The van der Waals surface area contributed by atoms with E-state index >= 15 is 0 Å². The first-order valence-electron chi connectivity index (χ1n) is 9.03. The Kier molecular flexibility index (Phi) is 4.37. The molecule has 0 N–H and O–H groups in total. The molecule has 0 fully saturated rings. The molecule has 2 aromatic heterocycles. The molecule has 0 radical (unpaired) electrons. The molecule has 1 aliphatic rings. The van der Waals surface area contributed by atoms with Crippen LogP contribution in [0.25, 0.3) is 10.5 Å². The van der Waals surface area contributed by atoms with E-state index in [0.29, 0.717) is 11.1 Å². The van der Waals surface area contributed by atoms with Crippen LogP contribution in [0.1, 0.15) is 16.8 Å². The minimum absolute atomic E-state index is 0.170. The first kappa shape index (κ1) is 18.8. The summed E-state index contributed by atoms with van der Waals surface area (Å²) in [5.41, 5.74) is 1.82. The Morgan fingerprint density at radius 1 is 1.07 bits per heavy atom. The van der Waals surface area contributed by atoms with Gasteiger partial charge in [-0.05, 0) is 23.8 Å². The fourth-order valence-corrected chi connectivity index (χ4v) is 4.86. The summed E-state index contributed by atoms with van der Waals surface area (Å²) in [6, 6.07) is 14.8. The van der Waals surface area contributed by atoms with Gasteiger partial charge in [0.2, 0.25) is 4.96 Å². The average molecular weight is 481 g/mol. The molecule has 0 atom stereocenters. The summed E-state index contributed by atoms with van der Waals surface area (Å²) in [5, 5.41) is 4.27. The summed E-state index contributed by atoms with van der Waals surface area (Å²) in [6.45, 7) is 0. The van der Waals surface area contributed by atoms with E-state index in [0.717, 1.165) is 31.6 Å². The SMILES string of the molecule is CN1C(=O)C(=c2sc3nc(=O)c(Cc4ccccc4)nn3c2=O)c2cc(Br)ccc21. The van der Waals surface area contributed by atoms with Crippen LogP contribution >= 0.6 is 27.3 Å². The zero-order valence-electron chi connectivity index (χ0n) is 15.6. The molecule has 3 heterocycles. The van der Waals surface area contributed by atoms with Gasteiger partial charge in [0, 0.05) is 23.5 Å². The molecule has 0 unspecified atom stereocenters. The number of likely N-dealkylation sites (N-methyl/N-ethyl adjacent to an activating group) is 1. The van der Waals surface area contributed by atoms with Gasteiger partial charge < -0.3 is 4.90 Å². The van der Waals surface area contributed by atoms with Gasteiger partial charge in [-0.15, -0.1) is 0 Å². The van der Waals surface area contributed by atoms with Gasteiger partial charge >= 0.3 is 0 Å².